The van der Waals surface area contributed by atoms with Gasteiger partial charge in [0.05, 0.1) is 22.8 Å². The van der Waals surface area contributed by atoms with Crippen molar-refractivity contribution in [1.29, 1.82) is 0 Å². The van der Waals surface area contributed by atoms with E-state index in [-0.39, 0.29) is 35.1 Å². The molecule has 0 saturated carbocycles. The van der Waals surface area contributed by atoms with Crippen molar-refractivity contribution in [2.45, 2.75) is 12.8 Å². The lowest BCUT2D eigenvalue weighted by Gasteiger charge is -2.09. The molecule has 0 aliphatic carbocycles. The average Bonchev–Trinajstić information content (AvgIpc) is 2.40. The Bertz CT molecular complexity index is 548. The Balaban J connectivity index is 2.45. The van der Waals surface area contributed by atoms with Gasteiger partial charge in [0.1, 0.15) is 0 Å². The minimum absolute atomic E-state index is 0.0202. The first-order valence-electron chi connectivity index (χ1n) is 6.22. The second kappa shape index (κ2) is 8.23. The lowest BCUT2D eigenvalue weighted by atomic mass is 10.2. The Morgan fingerprint density at radius 3 is 2.62 bits per heavy atom. The third kappa shape index (κ3) is 6.24. The van der Waals surface area contributed by atoms with Crippen LogP contribution in [0.15, 0.2) is 18.2 Å². The van der Waals surface area contributed by atoms with E-state index in [0.717, 1.165) is 0 Å². The van der Waals surface area contributed by atoms with Gasteiger partial charge < -0.3 is 21.5 Å². The summed E-state index contributed by atoms with van der Waals surface area (Å²) in [4.78, 5) is 33.0. The summed E-state index contributed by atoms with van der Waals surface area (Å²) in [5.41, 5.74) is 5.25. The molecule has 0 aromatic heterocycles. The lowest BCUT2D eigenvalue weighted by Crippen LogP contribution is -2.29. The van der Waals surface area contributed by atoms with Crippen molar-refractivity contribution in [3.63, 3.8) is 0 Å². The number of aromatic carboxylic acids is 1. The van der Waals surface area contributed by atoms with Gasteiger partial charge in [-0.1, -0.05) is 11.6 Å². The summed E-state index contributed by atoms with van der Waals surface area (Å²) in [6.45, 7) is 0.492. The zero-order valence-corrected chi connectivity index (χ0v) is 11.9. The SMILES string of the molecule is NC(=O)CCCNCC(=O)Nc1cc(C(=O)O)ccc1Cl. The van der Waals surface area contributed by atoms with E-state index >= 15 is 0 Å². The Hall–Kier alpha value is -2.12. The Morgan fingerprint density at radius 1 is 1.29 bits per heavy atom. The molecule has 0 atom stereocenters. The largest absolute Gasteiger partial charge is 0.478 e. The maximum absolute atomic E-state index is 11.7. The molecule has 0 heterocycles. The molecule has 0 radical (unpaired) electrons. The summed E-state index contributed by atoms with van der Waals surface area (Å²) in [6.07, 6.45) is 0.791. The number of nitrogens with one attached hydrogen (secondary N) is 2. The monoisotopic (exact) mass is 313 g/mol. The minimum Gasteiger partial charge on any atom is -0.478 e. The summed E-state index contributed by atoms with van der Waals surface area (Å²) < 4.78 is 0. The first-order chi connectivity index (χ1) is 9.90. The molecule has 1 rings (SSSR count). The molecule has 1 aromatic rings. The van der Waals surface area contributed by atoms with Crippen LogP contribution in [0.2, 0.25) is 5.02 Å². The van der Waals surface area contributed by atoms with Crippen LogP contribution in [0.5, 0.6) is 0 Å². The van der Waals surface area contributed by atoms with Crippen LogP contribution in [0, 0.1) is 0 Å². The molecule has 0 aliphatic rings. The van der Waals surface area contributed by atoms with Gasteiger partial charge >= 0.3 is 5.97 Å². The highest BCUT2D eigenvalue weighted by molar-refractivity contribution is 6.33. The molecule has 0 spiro atoms. The molecule has 114 valence electrons. The maximum atomic E-state index is 11.7. The van der Waals surface area contributed by atoms with Crippen molar-refractivity contribution < 1.29 is 19.5 Å². The molecule has 2 amide bonds. The molecule has 5 N–H and O–H groups in total. The van der Waals surface area contributed by atoms with E-state index in [1.165, 1.54) is 18.2 Å². The number of hydrogen-bond donors (Lipinski definition) is 4. The van der Waals surface area contributed by atoms with Crippen LogP contribution < -0.4 is 16.4 Å². The predicted molar refractivity (Wildman–Crippen MR) is 78.3 cm³/mol. The van der Waals surface area contributed by atoms with Gasteiger partial charge in [-0.25, -0.2) is 4.79 Å². The van der Waals surface area contributed by atoms with Crippen LogP contribution in [0.1, 0.15) is 23.2 Å². The predicted octanol–water partition coefficient (Wildman–Crippen LogP) is 0.832. The van der Waals surface area contributed by atoms with Gasteiger partial charge in [-0.15, -0.1) is 0 Å². The Kier molecular flexibility index (Phi) is 6.64. The zero-order valence-electron chi connectivity index (χ0n) is 11.2. The Labute approximate surface area is 126 Å². The standard InChI is InChI=1S/C13H16ClN3O4/c14-9-4-3-8(13(20)21)6-10(9)17-12(19)7-16-5-1-2-11(15)18/h3-4,6,16H,1-2,5,7H2,(H2,15,18)(H,17,19)(H,20,21). The Morgan fingerprint density at radius 2 is 2.00 bits per heavy atom. The second-order valence-electron chi connectivity index (χ2n) is 4.29. The van der Waals surface area contributed by atoms with Gasteiger partial charge in [-0.05, 0) is 31.2 Å². The van der Waals surface area contributed by atoms with Crippen molar-refractivity contribution in [2.24, 2.45) is 5.73 Å². The van der Waals surface area contributed by atoms with Gasteiger partial charge in [-0.3, -0.25) is 9.59 Å². The van der Waals surface area contributed by atoms with Crippen LogP contribution in [-0.4, -0.2) is 36.0 Å². The van der Waals surface area contributed by atoms with E-state index in [9.17, 15) is 14.4 Å². The topological polar surface area (TPSA) is 122 Å². The highest BCUT2D eigenvalue weighted by atomic mass is 35.5. The van der Waals surface area contributed by atoms with Crippen molar-refractivity contribution in [3.05, 3.63) is 28.8 Å². The van der Waals surface area contributed by atoms with Crippen LogP contribution in [-0.2, 0) is 9.59 Å². The van der Waals surface area contributed by atoms with Crippen LogP contribution >= 0.6 is 11.6 Å². The maximum Gasteiger partial charge on any atom is 0.335 e. The van der Waals surface area contributed by atoms with Gasteiger partial charge in [0.15, 0.2) is 0 Å². The van der Waals surface area contributed by atoms with Crippen LogP contribution in [0.25, 0.3) is 0 Å². The number of carbonyl (C=O) groups is 3. The third-order valence-electron chi connectivity index (χ3n) is 2.55. The quantitative estimate of drug-likeness (QED) is 0.530. The van der Waals surface area contributed by atoms with Crippen molar-refractivity contribution in [3.8, 4) is 0 Å². The van der Waals surface area contributed by atoms with E-state index in [1.807, 2.05) is 0 Å². The first-order valence-corrected chi connectivity index (χ1v) is 6.59. The smallest absolute Gasteiger partial charge is 0.335 e. The molecule has 8 heteroatoms. The number of benzene rings is 1. The first kappa shape index (κ1) is 16.9. The van der Waals surface area contributed by atoms with Crippen LogP contribution in [0.4, 0.5) is 5.69 Å². The lowest BCUT2D eigenvalue weighted by molar-refractivity contribution is -0.118. The third-order valence-corrected chi connectivity index (χ3v) is 2.88. The number of hydrogen-bond acceptors (Lipinski definition) is 4. The molecule has 0 aliphatic heterocycles. The molecule has 21 heavy (non-hydrogen) atoms. The minimum atomic E-state index is -1.10. The molecule has 0 bridgehead atoms. The molecular weight excluding hydrogens is 298 g/mol. The molecular formula is C13H16ClN3O4. The van der Waals surface area contributed by atoms with Crippen molar-refractivity contribution in [2.75, 3.05) is 18.4 Å². The fourth-order valence-electron chi connectivity index (χ4n) is 1.54. The molecule has 0 fully saturated rings. The molecule has 0 unspecified atom stereocenters. The summed E-state index contributed by atoms with van der Waals surface area (Å²) in [5.74, 6) is -1.86. The number of carbonyl (C=O) groups excluding carboxylic acids is 2. The number of halogens is 1. The summed E-state index contributed by atoms with van der Waals surface area (Å²) in [6, 6.07) is 4.04. The van der Waals surface area contributed by atoms with Crippen molar-refractivity contribution >= 4 is 35.1 Å². The van der Waals surface area contributed by atoms with E-state index in [4.69, 9.17) is 22.4 Å². The fraction of sp³-hybridized carbons (Fsp3) is 0.308. The highest BCUT2D eigenvalue weighted by Gasteiger charge is 2.09. The van der Waals surface area contributed by atoms with Gasteiger partial charge in [0.2, 0.25) is 11.8 Å². The highest BCUT2D eigenvalue weighted by Crippen LogP contribution is 2.22. The molecule has 0 saturated heterocycles. The number of carboxylic acid groups (broad SMARTS) is 1. The summed E-state index contributed by atoms with van der Waals surface area (Å²) in [7, 11) is 0. The second-order valence-corrected chi connectivity index (χ2v) is 4.70. The van der Waals surface area contributed by atoms with Gasteiger partial charge in [-0.2, -0.15) is 0 Å². The number of anilines is 1. The number of carboxylic acids is 1. The van der Waals surface area contributed by atoms with Gasteiger partial charge in [0, 0.05) is 6.42 Å². The number of nitrogens with two attached hydrogens (primary N) is 1. The summed E-state index contributed by atoms with van der Waals surface area (Å²) >= 11 is 5.88. The van der Waals surface area contributed by atoms with E-state index in [2.05, 4.69) is 10.6 Å². The van der Waals surface area contributed by atoms with Gasteiger partial charge in [0.25, 0.3) is 0 Å². The fourth-order valence-corrected chi connectivity index (χ4v) is 1.70. The van der Waals surface area contributed by atoms with Crippen LogP contribution in [0.3, 0.4) is 0 Å². The molecule has 1 aromatic carbocycles. The summed E-state index contributed by atoms with van der Waals surface area (Å²) in [5, 5.41) is 14.5. The zero-order chi connectivity index (χ0) is 15.8. The van der Waals surface area contributed by atoms with E-state index in [1.54, 1.807) is 0 Å². The number of primary amides is 1. The van der Waals surface area contributed by atoms with E-state index in [0.29, 0.717) is 13.0 Å². The normalized spacial score (nSPS) is 10.1. The molecule has 7 nitrogen and oxygen atoms in total. The number of amides is 2. The van der Waals surface area contributed by atoms with Crippen molar-refractivity contribution in [1.82, 2.24) is 5.32 Å². The average molecular weight is 314 g/mol. The van der Waals surface area contributed by atoms with E-state index < -0.39 is 11.9 Å². The number of rotatable bonds is 8.